The molecule has 9 heteroatoms. The predicted octanol–water partition coefficient (Wildman–Crippen LogP) is 2.77. The van der Waals surface area contributed by atoms with Gasteiger partial charge in [-0.3, -0.25) is 19.7 Å². The number of hydrogen-bond donors (Lipinski definition) is 2. The molecule has 1 aliphatic carbocycles. The molecule has 2 fully saturated rings. The van der Waals surface area contributed by atoms with Crippen molar-refractivity contribution in [3.05, 3.63) is 58.1 Å². The van der Waals surface area contributed by atoms with E-state index in [0.717, 1.165) is 24.0 Å². The van der Waals surface area contributed by atoms with E-state index in [1.807, 2.05) is 18.2 Å². The van der Waals surface area contributed by atoms with Crippen LogP contribution in [0, 0.1) is 0 Å². The first-order valence-electron chi connectivity index (χ1n) is 11.8. The number of ether oxygens (including phenoxy) is 2. The van der Waals surface area contributed by atoms with Crippen LogP contribution in [-0.4, -0.2) is 41.9 Å². The Morgan fingerprint density at radius 1 is 1.11 bits per heavy atom. The Bertz CT molecular complexity index is 1240. The Balaban J connectivity index is 1.46. The van der Waals surface area contributed by atoms with Gasteiger partial charge in [0.1, 0.15) is 17.5 Å². The number of benzene rings is 2. The van der Waals surface area contributed by atoms with Gasteiger partial charge in [-0.2, -0.15) is 0 Å². The van der Waals surface area contributed by atoms with Crippen molar-refractivity contribution in [1.29, 1.82) is 0 Å². The maximum atomic E-state index is 13.3. The number of nitrogens with two attached hydrogens (primary N) is 1. The number of amides is 4. The number of carbonyl (C=O) groups excluding carboxylic acids is 4. The first-order chi connectivity index (χ1) is 16.8. The third-order valence-corrected chi connectivity index (χ3v) is 7.16. The zero-order valence-corrected chi connectivity index (χ0v) is 19.5. The average Bonchev–Trinajstić information content (AvgIpc) is 3.10. The standard InChI is InChI=1S/C26H27N3O6/c1-34-22-11-14(9-17-12-16(15-3-2-4-15)5-7-21(17)35-26(27)33)10-18-19(22)13-29(25(18)32)20-6-8-23(30)28-24(20)31/h5,7,10-12,15,20H,2-4,6,8-9,13H2,1H3,(H2,27,33)(H,28,30,31). The fourth-order valence-corrected chi connectivity index (χ4v) is 5.13. The lowest BCUT2D eigenvalue weighted by Gasteiger charge is -2.29. The molecule has 2 aliphatic heterocycles. The predicted molar refractivity (Wildman–Crippen MR) is 125 cm³/mol. The number of methoxy groups -OCH3 is 1. The van der Waals surface area contributed by atoms with Crippen LogP contribution in [0.5, 0.6) is 11.5 Å². The van der Waals surface area contributed by atoms with Crippen LogP contribution in [0.3, 0.4) is 0 Å². The van der Waals surface area contributed by atoms with E-state index in [2.05, 4.69) is 5.32 Å². The monoisotopic (exact) mass is 477 g/mol. The molecule has 2 aromatic carbocycles. The highest BCUT2D eigenvalue weighted by Gasteiger charge is 2.40. The van der Waals surface area contributed by atoms with Crippen molar-refractivity contribution in [3.8, 4) is 11.5 Å². The Labute approximate surface area is 202 Å². The number of imide groups is 1. The van der Waals surface area contributed by atoms with E-state index in [4.69, 9.17) is 15.2 Å². The normalized spacial score (nSPS) is 19.7. The summed E-state index contributed by atoms with van der Waals surface area (Å²) in [5.41, 5.74) is 9.25. The molecule has 5 rings (SSSR count). The lowest BCUT2D eigenvalue weighted by Crippen LogP contribution is -2.52. The van der Waals surface area contributed by atoms with Gasteiger partial charge in [0, 0.05) is 24.0 Å². The number of primary amides is 1. The number of rotatable bonds is 6. The van der Waals surface area contributed by atoms with Crippen molar-refractivity contribution in [1.82, 2.24) is 10.2 Å². The van der Waals surface area contributed by atoms with E-state index in [1.54, 1.807) is 12.1 Å². The molecule has 4 amide bonds. The molecule has 3 N–H and O–H groups in total. The zero-order valence-electron chi connectivity index (χ0n) is 19.5. The third-order valence-electron chi connectivity index (χ3n) is 7.16. The molecular formula is C26H27N3O6. The molecule has 9 nitrogen and oxygen atoms in total. The van der Waals surface area contributed by atoms with E-state index in [0.29, 0.717) is 41.4 Å². The molecular weight excluding hydrogens is 450 g/mol. The van der Waals surface area contributed by atoms with Crippen molar-refractivity contribution in [2.45, 2.75) is 57.0 Å². The minimum atomic E-state index is -0.885. The van der Waals surface area contributed by atoms with Crippen molar-refractivity contribution >= 4 is 23.8 Å². The van der Waals surface area contributed by atoms with Crippen LogP contribution in [0.2, 0.25) is 0 Å². The van der Waals surface area contributed by atoms with Gasteiger partial charge < -0.3 is 20.1 Å². The zero-order chi connectivity index (χ0) is 24.7. The number of fused-ring (bicyclic) bond motifs is 1. The number of carbonyl (C=O) groups is 4. The average molecular weight is 478 g/mol. The lowest BCUT2D eigenvalue weighted by molar-refractivity contribution is -0.136. The van der Waals surface area contributed by atoms with Crippen LogP contribution in [0.25, 0.3) is 0 Å². The van der Waals surface area contributed by atoms with Crippen LogP contribution in [0.15, 0.2) is 30.3 Å². The largest absolute Gasteiger partial charge is 0.496 e. The summed E-state index contributed by atoms with van der Waals surface area (Å²) in [5, 5.41) is 2.32. The summed E-state index contributed by atoms with van der Waals surface area (Å²) in [5.74, 6) is 0.377. The van der Waals surface area contributed by atoms with Crippen LogP contribution in [0.1, 0.15) is 70.6 Å². The summed E-state index contributed by atoms with van der Waals surface area (Å²) >= 11 is 0. The molecule has 0 radical (unpaired) electrons. The summed E-state index contributed by atoms with van der Waals surface area (Å²) in [6.45, 7) is 0.233. The molecule has 3 aliphatic rings. The highest BCUT2D eigenvalue weighted by Crippen LogP contribution is 2.39. The minimum absolute atomic E-state index is 0.193. The quantitative estimate of drug-likeness (QED) is 0.616. The van der Waals surface area contributed by atoms with Gasteiger partial charge in [-0.15, -0.1) is 0 Å². The van der Waals surface area contributed by atoms with Crippen LogP contribution >= 0.6 is 0 Å². The fourth-order valence-electron chi connectivity index (χ4n) is 5.13. The van der Waals surface area contributed by atoms with Crippen LogP contribution in [0.4, 0.5) is 4.79 Å². The Morgan fingerprint density at radius 3 is 2.57 bits per heavy atom. The molecule has 0 aromatic heterocycles. The van der Waals surface area contributed by atoms with E-state index in [-0.39, 0.29) is 24.8 Å². The molecule has 1 saturated heterocycles. The second-order valence-corrected chi connectivity index (χ2v) is 9.32. The molecule has 1 saturated carbocycles. The van der Waals surface area contributed by atoms with Gasteiger partial charge in [0.05, 0.1) is 13.7 Å². The minimum Gasteiger partial charge on any atom is -0.496 e. The Kier molecular flexibility index (Phi) is 5.92. The van der Waals surface area contributed by atoms with Crippen molar-refractivity contribution in [2.24, 2.45) is 5.73 Å². The van der Waals surface area contributed by atoms with Crippen LogP contribution < -0.4 is 20.5 Å². The van der Waals surface area contributed by atoms with Gasteiger partial charge >= 0.3 is 6.09 Å². The maximum absolute atomic E-state index is 13.3. The van der Waals surface area contributed by atoms with Crippen molar-refractivity contribution in [3.63, 3.8) is 0 Å². The number of nitrogens with one attached hydrogen (secondary N) is 1. The number of piperidine rings is 1. The summed E-state index contributed by atoms with van der Waals surface area (Å²) in [7, 11) is 1.54. The number of nitrogens with zero attached hydrogens (tertiary/aromatic N) is 1. The lowest BCUT2D eigenvalue weighted by atomic mass is 9.79. The first kappa shape index (κ1) is 22.9. The van der Waals surface area contributed by atoms with E-state index >= 15 is 0 Å². The first-order valence-corrected chi connectivity index (χ1v) is 11.8. The maximum Gasteiger partial charge on any atom is 0.409 e. The van der Waals surface area contributed by atoms with Crippen molar-refractivity contribution < 1.29 is 28.7 Å². The summed E-state index contributed by atoms with van der Waals surface area (Å²) < 4.78 is 10.9. The summed E-state index contributed by atoms with van der Waals surface area (Å²) in [6.07, 6.45) is 3.47. The van der Waals surface area contributed by atoms with Gasteiger partial charge in [0.2, 0.25) is 11.8 Å². The van der Waals surface area contributed by atoms with E-state index < -0.39 is 18.0 Å². The Hall–Kier alpha value is -3.88. The molecule has 2 aromatic rings. The third kappa shape index (κ3) is 4.34. The molecule has 0 bridgehead atoms. The van der Waals surface area contributed by atoms with Crippen LogP contribution in [-0.2, 0) is 22.6 Å². The molecule has 2 heterocycles. The summed E-state index contributed by atoms with van der Waals surface area (Å²) in [6, 6.07) is 8.75. The van der Waals surface area contributed by atoms with E-state index in [9.17, 15) is 19.2 Å². The molecule has 1 unspecified atom stereocenters. The van der Waals surface area contributed by atoms with Crippen molar-refractivity contribution in [2.75, 3.05) is 7.11 Å². The highest BCUT2D eigenvalue weighted by atomic mass is 16.5. The second kappa shape index (κ2) is 9.05. The summed E-state index contributed by atoms with van der Waals surface area (Å²) in [4.78, 5) is 50.2. The van der Waals surface area contributed by atoms with Gasteiger partial charge in [-0.1, -0.05) is 18.6 Å². The van der Waals surface area contributed by atoms with Gasteiger partial charge in [-0.25, -0.2) is 4.79 Å². The van der Waals surface area contributed by atoms with Gasteiger partial charge in [-0.05, 0) is 60.1 Å². The molecule has 182 valence electrons. The van der Waals surface area contributed by atoms with E-state index in [1.165, 1.54) is 24.0 Å². The highest BCUT2D eigenvalue weighted by molar-refractivity contribution is 6.05. The van der Waals surface area contributed by atoms with Gasteiger partial charge in [0.25, 0.3) is 5.91 Å². The number of hydrogen-bond acceptors (Lipinski definition) is 6. The second-order valence-electron chi connectivity index (χ2n) is 9.32. The molecule has 1 atom stereocenters. The molecule has 35 heavy (non-hydrogen) atoms. The smallest absolute Gasteiger partial charge is 0.409 e. The molecule has 0 spiro atoms. The van der Waals surface area contributed by atoms with Gasteiger partial charge in [0.15, 0.2) is 0 Å². The Morgan fingerprint density at radius 2 is 1.91 bits per heavy atom. The topological polar surface area (TPSA) is 128 Å². The SMILES string of the molecule is COc1cc(Cc2cc(C3CCC3)ccc2OC(N)=O)cc2c1CN(C1CCC(=O)NC1=O)C2=O. The fraction of sp³-hybridized carbons (Fsp3) is 0.385.